The Morgan fingerprint density at radius 3 is 2.61 bits per heavy atom. The zero-order chi connectivity index (χ0) is 13.9. The maximum atomic E-state index is 10.8. The predicted octanol–water partition coefficient (Wildman–Crippen LogP) is 1.90. The predicted molar refractivity (Wildman–Crippen MR) is 74.7 cm³/mol. The molecule has 18 heavy (non-hydrogen) atoms. The van der Waals surface area contributed by atoms with Gasteiger partial charge in [0, 0.05) is 12.7 Å². The largest absolute Gasteiger partial charge is 0.397 e. The molecule has 1 aromatic rings. The first kappa shape index (κ1) is 15.3. The molecule has 0 fully saturated rings. The number of halogens is 1. The number of rotatable bonds is 4. The van der Waals surface area contributed by atoms with E-state index in [0.717, 1.165) is 17.3 Å². The molecule has 0 saturated heterocycles. The normalized spacial score (nSPS) is 14.3. The van der Waals surface area contributed by atoms with Gasteiger partial charge in [0.25, 0.3) is 0 Å². The van der Waals surface area contributed by atoms with Crippen molar-refractivity contribution in [3.63, 3.8) is 0 Å². The number of anilines is 1. The summed E-state index contributed by atoms with van der Waals surface area (Å²) in [5.41, 5.74) is 7.39. The summed E-state index contributed by atoms with van der Waals surface area (Å²) >= 11 is 6.89. The molecule has 0 spiro atoms. The summed E-state index contributed by atoms with van der Waals surface area (Å²) in [5, 5.41) is 20.0. The number of carbonyl (C=O) groups is 1. The fourth-order valence-electron chi connectivity index (χ4n) is 1.47. The maximum absolute atomic E-state index is 10.8. The van der Waals surface area contributed by atoms with Gasteiger partial charge in [0.05, 0.1) is 16.8 Å². The van der Waals surface area contributed by atoms with Gasteiger partial charge in [-0.25, -0.2) is 0 Å². The van der Waals surface area contributed by atoms with Crippen LogP contribution < -0.4 is 5.73 Å². The van der Waals surface area contributed by atoms with Crippen molar-refractivity contribution in [2.24, 2.45) is 0 Å². The van der Waals surface area contributed by atoms with Crippen LogP contribution in [0, 0.1) is 6.92 Å². The molecule has 4 N–H and O–H groups in total. The van der Waals surface area contributed by atoms with Crippen LogP contribution in [0.1, 0.15) is 24.2 Å². The van der Waals surface area contributed by atoms with Gasteiger partial charge in [-0.05, 0) is 24.1 Å². The second-order valence-corrected chi connectivity index (χ2v) is 5.65. The first-order chi connectivity index (χ1) is 8.32. The van der Waals surface area contributed by atoms with Crippen LogP contribution in [-0.4, -0.2) is 27.2 Å². The lowest BCUT2D eigenvalue weighted by molar-refractivity contribution is -0.109. The second kappa shape index (κ2) is 6.43. The van der Waals surface area contributed by atoms with Crippen molar-refractivity contribution in [3.8, 4) is 0 Å². The molecule has 100 valence electrons. The lowest BCUT2D eigenvalue weighted by Crippen LogP contribution is -2.21. The average molecular weight is 290 g/mol. The molecular weight excluding hydrogens is 274 g/mol. The fourth-order valence-corrected chi connectivity index (χ4v) is 2.33. The number of carbonyl (C=O) groups excluding carboxylic acids is 1. The highest BCUT2D eigenvalue weighted by Crippen LogP contribution is 2.29. The Balaban J connectivity index is 2.83. The van der Waals surface area contributed by atoms with Crippen LogP contribution in [0.2, 0.25) is 5.02 Å². The smallest absolute Gasteiger partial charge is 0.185 e. The minimum Gasteiger partial charge on any atom is -0.397 e. The molecule has 0 bridgehead atoms. The summed E-state index contributed by atoms with van der Waals surface area (Å²) in [4.78, 5) is 10.8. The quantitative estimate of drug-likeness (QED) is 0.738. The van der Waals surface area contributed by atoms with Gasteiger partial charge in [0.2, 0.25) is 0 Å². The van der Waals surface area contributed by atoms with Gasteiger partial charge in [-0.2, -0.15) is 0 Å². The number of hydrogen-bond acceptors (Lipinski definition) is 5. The molecule has 2 unspecified atom stereocenters. The van der Waals surface area contributed by atoms with Crippen molar-refractivity contribution < 1.29 is 15.0 Å². The number of aliphatic hydroxyl groups is 2. The summed E-state index contributed by atoms with van der Waals surface area (Å²) in [6.07, 6.45) is -2.12. The number of aryl methyl sites for hydroxylation is 1. The third-order valence-corrected chi connectivity index (χ3v) is 3.75. The van der Waals surface area contributed by atoms with E-state index in [-0.39, 0.29) is 10.9 Å². The topological polar surface area (TPSA) is 83.5 Å². The van der Waals surface area contributed by atoms with Gasteiger partial charge in [-0.1, -0.05) is 29.4 Å². The number of aliphatic hydroxyl groups excluding tert-OH is 2. The lowest BCUT2D eigenvalue weighted by atomic mass is 10.0. The molecule has 0 radical (unpaired) electrons. The first-order valence-corrected chi connectivity index (χ1v) is 6.74. The molecule has 0 saturated carbocycles. The zero-order valence-electron chi connectivity index (χ0n) is 10.2. The average Bonchev–Trinajstić information content (AvgIpc) is 2.31. The van der Waals surface area contributed by atoms with E-state index in [0.29, 0.717) is 16.3 Å². The molecule has 0 amide bonds. The molecular formula is C12H16ClNO3S. The Morgan fingerprint density at radius 1 is 1.50 bits per heavy atom. The van der Waals surface area contributed by atoms with E-state index in [1.165, 1.54) is 13.0 Å². The van der Waals surface area contributed by atoms with E-state index in [1.807, 2.05) is 0 Å². The van der Waals surface area contributed by atoms with E-state index in [2.05, 4.69) is 0 Å². The van der Waals surface area contributed by atoms with Crippen LogP contribution in [0.5, 0.6) is 0 Å². The summed E-state index contributed by atoms with van der Waals surface area (Å²) in [5.74, 6) is 0.136. The number of thioether (sulfide) groups is 1. The van der Waals surface area contributed by atoms with Crippen LogP contribution in [0.15, 0.2) is 12.1 Å². The van der Waals surface area contributed by atoms with Crippen LogP contribution in [0.3, 0.4) is 0 Å². The van der Waals surface area contributed by atoms with Crippen molar-refractivity contribution >= 4 is 34.2 Å². The fraction of sp³-hybridized carbons (Fsp3) is 0.417. The van der Waals surface area contributed by atoms with E-state index in [1.54, 1.807) is 13.0 Å². The third kappa shape index (κ3) is 3.88. The molecule has 2 atom stereocenters. The van der Waals surface area contributed by atoms with Crippen LogP contribution in [-0.2, 0) is 4.79 Å². The highest BCUT2D eigenvalue weighted by atomic mass is 35.5. The Bertz CT molecular complexity index is 430. The zero-order valence-corrected chi connectivity index (χ0v) is 11.8. The van der Waals surface area contributed by atoms with Crippen molar-refractivity contribution in [2.45, 2.75) is 26.1 Å². The van der Waals surface area contributed by atoms with Gasteiger partial charge in [-0.15, -0.1) is 0 Å². The Labute approximate surface area is 115 Å². The minimum atomic E-state index is -1.09. The molecule has 6 heteroatoms. The molecule has 0 heterocycles. The van der Waals surface area contributed by atoms with Crippen LogP contribution >= 0.6 is 23.4 Å². The van der Waals surface area contributed by atoms with Gasteiger partial charge < -0.3 is 15.9 Å². The molecule has 0 aliphatic heterocycles. The highest BCUT2D eigenvalue weighted by Gasteiger charge is 2.20. The number of hydrogen-bond donors (Lipinski definition) is 3. The van der Waals surface area contributed by atoms with Gasteiger partial charge in [0.15, 0.2) is 5.12 Å². The summed E-state index contributed by atoms with van der Waals surface area (Å²) in [7, 11) is 0. The summed E-state index contributed by atoms with van der Waals surface area (Å²) in [6, 6.07) is 3.20. The first-order valence-electron chi connectivity index (χ1n) is 5.38. The number of nitrogens with two attached hydrogens (primary N) is 1. The lowest BCUT2D eigenvalue weighted by Gasteiger charge is -2.18. The molecule has 0 aliphatic rings. The summed E-state index contributed by atoms with van der Waals surface area (Å²) in [6.45, 7) is 3.18. The number of benzene rings is 1. The maximum Gasteiger partial charge on any atom is 0.185 e. The SMILES string of the molecule is CC(=O)SCC(O)C(O)c1cc(C)c(N)c(Cl)c1. The second-order valence-electron chi connectivity index (χ2n) is 4.05. The van der Waals surface area contributed by atoms with Crippen molar-refractivity contribution in [1.82, 2.24) is 0 Å². The van der Waals surface area contributed by atoms with Gasteiger partial charge in [-0.3, -0.25) is 4.79 Å². The molecule has 0 aromatic heterocycles. The highest BCUT2D eigenvalue weighted by molar-refractivity contribution is 8.13. The molecule has 1 aromatic carbocycles. The Kier molecular flexibility index (Phi) is 5.47. The minimum absolute atomic E-state index is 0.104. The molecule has 1 rings (SSSR count). The third-order valence-electron chi connectivity index (χ3n) is 2.52. The van der Waals surface area contributed by atoms with Crippen molar-refractivity contribution in [2.75, 3.05) is 11.5 Å². The number of nitrogen functional groups attached to an aromatic ring is 1. The van der Waals surface area contributed by atoms with E-state index >= 15 is 0 Å². The van der Waals surface area contributed by atoms with Crippen LogP contribution in [0.25, 0.3) is 0 Å². The van der Waals surface area contributed by atoms with E-state index in [4.69, 9.17) is 17.3 Å². The van der Waals surface area contributed by atoms with Crippen molar-refractivity contribution in [1.29, 1.82) is 0 Å². The Morgan fingerprint density at radius 2 is 2.11 bits per heavy atom. The van der Waals surface area contributed by atoms with E-state index in [9.17, 15) is 15.0 Å². The van der Waals surface area contributed by atoms with E-state index < -0.39 is 12.2 Å². The molecule has 4 nitrogen and oxygen atoms in total. The molecule has 0 aliphatic carbocycles. The van der Waals surface area contributed by atoms with Crippen molar-refractivity contribution in [3.05, 3.63) is 28.3 Å². The van der Waals surface area contributed by atoms with Gasteiger partial charge >= 0.3 is 0 Å². The summed E-state index contributed by atoms with van der Waals surface area (Å²) < 4.78 is 0. The Hall–Kier alpha value is -0.750. The standard InChI is InChI=1S/C12H16ClNO3S/c1-6-3-8(4-9(13)11(6)14)12(17)10(16)5-18-7(2)15/h3-4,10,12,16-17H,5,14H2,1-2H3. The monoisotopic (exact) mass is 289 g/mol. The van der Waals surface area contributed by atoms with Gasteiger partial charge in [0.1, 0.15) is 6.10 Å². The van der Waals surface area contributed by atoms with Crippen LogP contribution in [0.4, 0.5) is 5.69 Å².